The zero-order valence-electron chi connectivity index (χ0n) is 21.6. The number of halogens is 1. The minimum atomic E-state index is -1.35. The summed E-state index contributed by atoms with van der Waals surface area (Å²) in [6, 6.07) is 5.51. The molecule has 3 heterocycles. The van der Waals surface area contributed by atoms with E-state index in [4.69, 9.17) is 4.74 Å². The molecule has 0 spiro atoms. The smallest absolute Gasteiger partial charge is 0.275 e. The van der Waals surface area contributed by atoms with Crippen LogP contribution in [0.5, 0.6) is 0 Å². The minimum absolute atomic E-state index is 0.0406. The lowest BCUT2D eigenvalue weighted by molar-refractivity contribution is -0.0552. The zero-order chi connectivity index (χ0) is 26.6. The van der Waals surface area contributed by atoms with Crippen molar-refractivity contribution in [3.8, 4) is 0 Å². The summed E-state index contributed by atoms with van der Waals surface area (Å²) in [4.78, 5) is 34.5. The van der Waals surface area contributed by atoms with E-state index in [0.29, 0.717) is 55.7 Å². The third-order valence-electron chi connectivity index (χ3n) is 6.81. The van der Waals surface area contributed by atoms with Crippen molar-refractivity contribution < 1.29 is 23.8 Å². The normalized spacial score (nSPS) is 22.0. The number of benzene rings is 1. The van der Waals surface area contributed by atoms with Crippen LogP contribution in [0.3, 0.4) is 0 Å². The Labute approximate surface area is 221 Å². The summed E-state index contributed by atoms with van der Waals surface area (Å²) in [5, 5.41) is 17.5. The number of nitrogens with one attached hydrogen (secondary N) is 2. The van der Waals surface area contributed by atoms with Crippen LogP contribution in [-0.2, 0) is 11.3 Å². The summed E-state index contributed by atoms with van der Waals surface area (Å²) in [7, 11) is 0. The molecule has 202 valence electrons. The Morgan fingerprint density at radius 2 is 2.11 bits per heavy atom. The molecule has 2 aromatic rings. The van der Waals surface area contributed by atoms with Crippen molar-refractivity contribution >= 4 is 34.0 Å². The number of nitrogens with zero attached hydrogens (tertiary/aromatic N) is 3. The van der Waals surface area contributed by atoms with Crippen LogP contribution in [-0.4, -0.2) is 84.0 Å². The molecule has 0 aliphatic carbocycles. The Balaban J connectivity index is 1.51. The molecule has 0 radical (unpaired) electrons. The van der Waals surface area contributed by atoms with E-state index in [1.54, 1.807) is 16.3 Å². The van der Waals surface area contributed by atoms with E-state index in [9.17, 15) is 19.1 Å². The molecule has 37 heavy (non-hydrogen) atoms. The lowest BCUT2D eigenvalue weighted by Gasteiger charge is -2.42. The van der Waals surface area contributed by atoms with E-state index in [1.165, 1.54) is 11.3 Å². The summed E-state index contributed by atoms with van der Waals surface area (Å²) >= 11 is 1.25. The van der Waals surface area contributed by atoms with Crippen molar-refractivity contribution in [1.29, 1.82) is 0 Å². The molecule has 0 unspecified atom stereocenters. The number of anilines is 2. The maximum Gasteiger partial charge on any atom is 0.275 e. The van der Waals surface area contributed by atoms with Gasteiger partial charge in [-0.3, -0.25) is 14.5 Å². The Morgan fingerprint density at radius 1 is 1.30 bits per heavy atom. The van der Waals surface area contributed by atoms with Gasteiger partial charge in [-0.25, -0.2) is 9.37 Å². The Kier molecular flexibility index (Phi) is 8.79. The summed E-state index contributed by atoms with van der Waals surface area (Å²) in [5.41, 5.74) is 1.85. The topological polar surface area (TPSA) is 107 Å². The maximum absolute atomic E-state index is 14.0. The van der Waals surface area contributed by atoms with Crippen LogP contribution in [0.15, 0.2) is 23.6 Å². The van der Waals surface area contributed by atoms with Gasteiger partial charge in [0.1, 0.15) is 11.9 Å². The fourth-order valence-electron chi connectivity index (χ4n) is 4.49. The summed E-state index contributed by atoms with van der Waals surface area (Å²) in [6.07, 6.45) is -1.20. The summed E-state index contributed by atoms with van der Waals surface area (Å²) < 4.78 is 19.6. The van der Waals surface area contributed by atoms with Gasteiger partial charge in [-0.1, -0.05) is 13.0 Å². The van der Waals surface area contributed by atoms with E-state index in [1.807, 2.05) is 19.1 Å². The number of rotatable bonds is 8. The fraction of sp³-hybridized carbons (Fsp3) is 0.577. The van der Waals surface area contributed by atoms with Crippen molar-refractivity contribution in [2.75, 3.05) is 49.6 Å². The number of hydrogen-bond donors (Lipinski definition) is 3. The van der Waals surface area contributed by atoms with Crippen LogP contribution >= 0.6 is 11.3 Å². The van der Waals surface area contributed by atoms with Crippen LogP contribution in [0.2, 0.25) is 0 Å². The lowest BCUT2D eigenvalue weighted by Crippen LogP contribution is -2.52. The Morgan fingerprint density at radius 3 is 2.84 bits per heavy atom. The third-order valence-corrected chi connectivity index (χ3v) is 7.71. The first-order valence-corrected chi connectivity index (χ1v) is 13.6. The monoisotopic (exact) mass is 533 g/mol. The van der Waals surface area contributed by atoms with E-state index < -0.39 is 18.2 Å². The van der Waals surface area contributed by atoms with Gasteiger partial charge in [0.05, 0.1) is 37.1 Å². The second kappa shape index (κ2) is 11.8. The molecule has 1 aromatic carbocycles. The number of alkyl halides is 1. The van der Waals surface area contributed by atoms with Gasteiger partial charge in [0.2, 0.25) is 0 Å². The van der Waals surface area contributed by atoms with Crippen LogP contribution in [0.4, 0.5) is 15.2 Å². The minimum Gasteiger partial charge on any atom is -0.390 e. The van der Waals surface area contributed by atoms with Crippen LogP contribution in [0, 0.1) is 0 Å². The zero-order valence-corrected chi connectivity index (χ0v) is 22.4. The molecule has 4 rings (SSSR count). The number of carbonyl (C=O) groups is 2. The number of hydrogen-bond acceptors (Lipinski definition) is 8. The van der Waals surface area contributed by atoms with Gasteiger partial charge in [-0.2, -0.15) is 0 Å². The molecule has 2 atom stereocenters. The SMILES string of the molecule is CCCNC(=O)c1cc(CN2CCOCC2(C)C)ccc1NC(=O)c1csc(N2CC[C@@H](O)[C@@H](F)C2)n1. The number of aliphatic hydroxyl groups is 1. The number of carbonyl (C=O) groups excluding carboxylic acids is 2. The van der Waals surface area contributed by atoms with E-state index in [0.717, 1.165) is 18.5 Å². The summed E-state index contributed by atoms with van der Waals surface area (Å²) in [6.45, 7) is 10.1. The van der Waals surface area contributed by atoms with Crippen LogP contribution in [0.1, 0.15) is 60.0 Å². The molecule has 0 saturated carbocycles. The quantitative estimate of drug-likeness (QED) is 0.479. The van der Waals surface area contributed by atoms with Gasteiger partial charge in [0, 0.05) is 37.1 Å². The largest absolute Gasteiger partial charge is 0.390 e. The molecule has 2 fully saturated rings. The number of aliphatic hydroxyl groups excluding tert-OH is 1. The molecule has 0 bridgehead atoms. The molecule has 2 aliphatic rings. The molecule has 3 N–H and O–H groups in total. The Hall–Kier alpha value is -2.60. The maximum atomic E-state index is 14.0. The molecule has 2 aliphatic heterocycles. The number of amides is 2. The van der Waals surface area contributed by atoms with Gasteiger partial charge in [0.15, 0.2) is 5.13 Å². The standard InChI is InChI=1S/C26H36FN5O4S/c1-4-8-28-23(34)18-12-17(13-32-10-11-36-16-26(32,2)3)5-6-20(18)29-24(35)21-15-37-25(30-21)31-9-7-22(33)19(27)14-31/h5-6,12,15,19,22,33H,4,7-11,13-14,16H2,1-3H3,(H,28,34)(H,29,35)/t19-,22+/m0/s1. The van der Waals surface area contributed by atoms with Gasteiger partial charge < -0.3 is 25.4 Å². The first kappa shape index (κ1) is 27.4. The van der Waals surface area contributed by atoms with Crippen molar-refractivity contribution in [1.82, 2.24) is 15.2 Å². The van der Waals surface area contributed by atoms with Gasteiger partial charge in [-0.15, -0.1) is 11.3 Å². The second-order valence-corrected chi connectivity index (χ2v) is 11.0. The van der Waals surface area contributed by atoms with Crippen LogP contribution in [0.25, 0.3) is 0 Å². The highest BCUT2D eigenvalue weighted by atomic mass is 32.1. The molecule has 2 saturated heterocycles. The number of ether oxygens (including phenoxy) is 1. The highest BCUT2D eigenvalue weighted by Gasteiger charge is 2.31. The highest BCUT2D eigenvalue weighted by molar-refractivity contribution is 7.14. The third kappa shape index (κ3) is 6.64. The molecular weight excluding hydrogens is 497 g/mol. The number of aromatic nitrogens is 1. The molecule has 1 aromatic heterocycles. The van der Waals surface area contributed by atoms with Gasteiger partial charge in [0.25, 0.3) is 11.8 Å². The van der Waals surface area contributed by atoms with Crippen molar-refractivity contribution in [3.05, 3.63) is 40.4 Å². The predicted molar refractivity (Wildman–Crippen MR) is 142 cm³/mol. The van der Waals surface area contributed by atoms with Crippen molar-refractivity contribution in [2.24, 2.45) is 0 Å². The van der Waals surface area contributed by atoms with Gasteiger partial charge >= 0.3 is 0 Å². The van der Waals surface area contributed by atoms with Crippen molar-refractivity contribution in [2.45, 2.75) is 58.0 Å². The predicted octanol–water partition coefficient (Wildman–Crippen LogP) is 3.06. The van der Waals surface area contributed by atoms with E-state index in [-0.39, 0.29) is 23.7 Å². The molecule has 2 amide bonds. The molecule has 11 heteroatoms. The number of piperidine rings is 1. The highest BCUT2D eigenvalue weighted by Crippen LogP contribution is 2.27. The first-order valence-electron chi connectivity index (χ1n) is 12.8. The second-order valence-electron chi connectivity index (χ2n) is 10.2. The summed E-state index contributed by atoms with van der Waals surface area (Å²) in [5.74, 6) is -0.692. The lowest BCUT2D eigenvalue weighted by atomic mass is 10.00. The average Bonchev–Trinajstić information content (AvgIpc) is 3.37. The number of morpholine rings is 1. The van der Waals surface area contributed by atoms with Gasteiger partial charge in [-0.05, 0) is 44.4 Å². The van der Waals surface area contributed by atoms with Crippen molar-refractivity contribution in [3.63, 3.8) is 0 Å². The number of thiazole rings is 1. The van der Waals surface area contributed by atoms with Crippen LogP contribution < -0.4 is 15.5 Å². The van der Waals surface area contributed by atoms with E-state index in [2.05, 4.69) is 34.4 Å². The molecular formula is C26H36FN5O4S. The van der Waals surface area contributed by atoms with E-state index >= 15 is 0 Å². The Bertz CT molecular complexity index is 1110. The average molecular weight is 534 g/mol. The molecule has 9 nitrogen and oxygen atoms in total. The fourth-order valence-corrected chi connectivity index (χ4v) is 5.33. The first-order chi connectivity index (χ1) is 17.7.